The second-order valence-electron chi connectivity index (χ2n) is 10.0. The predicted molar refractivity (Wildman–Crippen MR) is 143 cm³/mol. The summed E-state index contributed by atoms with van der Waals surface area (Å²) in [6, 6.07) is 11.7. The van der Waals surface area contributed by atoms with E-state index in [-0.39, 0.29) is 46.1 Å². The van der Waals surface area contributed by atoms with Crippen LogP contribution in [0, 0.1) is 28.9 Å². The van der Waals surface area contributed by atoms with Gasteiger partial charge in [0.25, 0.3) is 5.91 Å². The molecule has 9 nitrogen and oxygen atoms in total. The molecule has 0 unspecified atom stereocenters. The monoisotopic (exact) mass is 541 g/mol. The maximum absolute atomic E-state index is 15.4. The summed E-state index contributed by atoms with van der Waals surface area (Å²) in [7, 11) is 0. The average molecular weight is 542 g/mol. The number of hydrogen-bond acceptors (Lipinski definition) is 7. The van der Waals surface area contributed by atoms with Crippen LogP contribution in [0.15, 0.2) is 60.4 Å². The van der Waals surface area contributed by atoms with Gasteiger partial charge in [0.1, 0.15) is 52.6 Å². The van der Waals surface area contributed by atoms with E-state index in [1.807, 2.05) is 0 Å². The Labute approximate surface area is 228 Å². The Balaban J connectivity index is 1.31. The molecule has 1 aliphatic carbocycles. The van der Waals surface area contributed by atoms with Crippen LogP contribution >= 0.6 is 0 Å². The minimum atomic E-state index is -0.620. The number of fused-ring (bicyclic) bond motifs is 1. The quantitative estimate of drug-likeness (QED) is 0.258. The van der Waals surface area contributed by atoms with Crippen molar-refractivity contribution < 1.29 is 18.3 Å². The maximum Gasteiger partial charge on any atom is 0.264 e. The lowest BCUT2D eigenvalue weighted by atomic mass is 10.1. The lowest BCUT2D eigenvalue weighted by Crippen LogP contribution is -2.39. The van der Waals surface area contributed by atoms with Crippen molar-refractivity contribution in [1.29, 1.82) is 5.26 Å². The highest BCUT2D eigenvalue weighted by atomic mass is 19.1. The van der Waals surface area contributed by atoms with Gasteiger partial charge in [0.15, 0.2) is 5.65 Å². The number of aromatic nitrogens is 4. The molecule has 0 spiro atoms. The number of likely N-dealkylation sites (tertiary alicyclic amines) is 1. The van der Waals surface area contributed by atoms with E-state index in [9.17, 15) is 14.4 Å². The summed E-state index contributed by atoms with van der Waals surface area (Å²) in [4.78, 5) is 23.4. The largest absolute Gasteiger partial charge is 0.457 e. The summed E-state index contributed by atoms with van der Waals surface area (Å²) in [5.74, 6) is -0.490. The second-order valence-corrected chi connectivity index (χ2v) is 10.0. The molecule has 1 amide bonds. The van der Waals surface area contributed by atoms with Crippen LogP contribution in [-0.4, -0.2) is 43.1 Å². The molecule has 1 aliphatic heterocycles. The molecule has 1 saturated heterocycles. The number of hydrogen-bond donors (Lipinski definition) is 1. The van der Waals surface area contributed by atoms with E-state index in [1.54, 1.807) is 27.8 Å². The predicted octanol–water partition coefficient (Wildman–Crippen LogP) is 5.00. The minimum Gasteiger partial charge on any atom is -0.457 e. The number of anilines is 1. The molecule has 11 heteroatoms. The summed E-state index contributed by atoms with van der Waals surface area (Å²) in [6.45, 7) is 0.834. The highest BCUT2D eigenvalue weighted by Gasteiger charge is 2.33. The molecule has 2 aliphatic rings. The summed E-state index contributed by atoms with van der Waals surface area (Å²) in [6.07, 6.45) is 6.61. The Hall–Kier alpha value is -4.85. The van der Waals surface area contributed by atoms with E-state index in [4.69, 9.17) is 10.5 Å². The third kappa shape index (κ3) is 4.96. The van der Waals surface area contributed by atoms with Gasteiger partial charge in [-0.2, -0.15) is 10.4 Å². The number of carbonyl (C=O) groups excluding carboxylic acids is 1. The van der Waals surface area contributed by atoms with Crippen LogP contribution in [0.25, 0.3) is 22.3 Å². The van der Waals surface area contributed by atoms with E-state index >= 15 is 4.39 Å². The molecular formula is C29H25F2N7O2. The smallest absolute Gasteiger partial charge is 0.264 e. The third-order valence-electron chi connectivity index (χ3n) is 7.18. The number of nitrogens with two attached hydrogens (primary N) is 1. The van der Waals surface area contributed by atoms with E-state index in [0.717, 1.165) is 25.7 Å². The number of rotatable bonds is 7. The fourth-order valence-electron chi connectivity index (χ4n) is 5.07. The first-order valence-electron chi connectivity index (χ1n) is 13.0. The number of carbonyl (C=O) groups is 1. The Bertz CT molecular complexity index is 1690. The normalized spacial score (nSPS) is 17.3. The topological polar surface area (TPSA) is 123 Å². The molecule has 3 heterocycles. The summed E-state index contributed by atoms with van der Waals surface area (Å²) in [5, 5.41) is 14.6. The minimum absolute atomic E-state index is 0.143. The Morgan fingerprint density at radius 3 is 2.73 bits per heavy atom. The molecule has 0 radical (unpaired) electrons. The summed E-state index contributed by atoms with van der Waals surface area (Å²) >= 11 is 0. The molecular weight excluding hydrogens is 516 g/mol. The van der Waals surface area contributed by atoms with E-state index in [1.165, 1.54) is 36.7 Å². The van der Waals surface area contributed by atoms with Crippen LogP contribution < -0.4 is 10.5 Å². The zero-order chi connectivity index (χ0) is 27.8. The fraction of sp³-hybridized carbons (Fsp3) is 0.276. The van der Waals surface area contributed by atoms with E-state index in [0.29, 0.717) is 30.0 Å². The van der Waals surface area contributed by atoms with Crippen LogP contribution in [0.3, 0.4) is 0 Å². The van der Waals surface area contributed by atoms with Gasteiger partial charge in [-0.15, -0.1) is 0 Å². The number of nitrogen functional groups attached to an aromatic ring is 1. The molecule has 6 rings (SSSR count). The van der Waals surface area contributed by atoms with Gasteiger partial charge in [-0.1, -0.05) is 12.1 Å². The van der Waals surface area contributed by atoms with Gasteiger partial charge in [0.05, 0.1) is 18.0 Å². The molecule has 1 saturated carbocycles. The summed E-state index contributed by atoms with van der Waals surface area (Å²) in [5.41, 5.74) is 7.21. The van der Waals surface area contributed by atoms with Crippen molar-refractivity contribution in [2.45, 2.75) is 38.3 Å². The zero-order valence-corrected chi connectivity index (χ0v) is 21.4. The van der Waals surface area contributed by atoms with Gasteiger partial charge < -0.3 is 15.4 Å². The van der Waals surface area contributed by atoms with Crippen LogP contribution in [-0.2, 0) is 11.3 Å². The van der Waals surface area contributed by atoms with Crippen molar-refractivity contribution >= 4 is 22.8 Å². The van der Waals surface area contributed by atoms with Gasteiger partial charge in [0.2, 0.25) is 0 Å². The van der Waals surface area contributed by atoms with Crippen molar-refractivity contribution in [2.75, 3.05) is 12.3 Å². The van der Waals surface area contributed by atoms with Gasteiger partial charge in [-0.25, -0.2) is 23.4 Å². The lowest BCUT2D eigenvalue weighted by molar-refractivity contribution is -0.127. The Morgan fingerprint density at radius 2 is 1.98 bits per heavy atom. The number of ether oxygens (including phenoxy) is 1. The lowest BCUT2D eigenvalue weighted by Gasteiger charge is -2.24. The SMILES string of the molecule is N#C/C(=C\C1CC1)C(=O)N1CCC[C@@H]1Cn1nc(-c2ccc(Oc3cccc(F)c3)cc2F)c2c(N)ncnc21. The highest BCUT2D eigenvalue weighted by molar-refractivity contribution is 5.99. The number of allylic oxidation sites excluding steroid dienone is 1. The molecule has 2 fully saturated rings. The molecule has 2 aromatic carbocycles. The van der Waals surface area contributed by atoms with Crippen LogP contribution in [0.4, 0.5) is 14.6 Å². The van der Waals surface area contributed by atoms with Crippen LogP contribution in [0.5, 0.6) is 11.5 Å². The molecule has 4 aromatic rings. The fourth-order valence-corrected chi connectivity index (χ4v) is 5.07. The van der Waals surface area contributed by atoms with Crippen LogP contribution in [0.2, 0.25) is 0 Å². The highest BCUT2D eigenvalue weighted by Crippen LogP contribution is 2.35. The zero-order valence-electron chi connectivity index (χ0n) is 21.4. The Kier molecular flexibility index (Phi) is 6.59. The molecule has 40 heavy (non-hydrogen) atoms. The average Bonchev–Trinajstić information content (AvgIpc) is 3.51. The van der Waals surface area contributed by atoms with Gasteiger partial charge in [-0.3, -0.25) is 4.79 Å². The third-order valence-corrected chi connectivity index (χ3v) is 7.18. The molecule has 2 aromatic heterocycles. The van der Waals surface area contributed by atoms with Crippen molar-refractivity contribution in [3.8, 4) is 28.8 Å². The molecule has 2 N–H and O–H groups in total. The van der Waals surface area contributed by atoms with Crippen molar-refractivity contribution in [3.05, 3.63) is 72.1 Å². The summed E-state index contributed by atoms with van der Waals surface area (Å²) < 4.78 is 36.2. The van der Waals surface area contributed by atoms with E-state index in [2.05, 4.69) is 21.1 Å². The van der Waals surface area contributed by atoms with E-state index < -0.39 is 11.6 Å². The first kappa shape index (κ1) is 25.4. The van der Waals surface area contributed by atoms with Crippen molar-refractivity contribution in [3.63, 3.8) is 0 Å². The molecule has 202 valence electrons. The van der Waals surface area contributed by atoms with Crippen molar-refractivity contribution in [1.82, 2.24) is 24.6 Å². The number of halogens is 2. The van der Waals surface area contributed by atoms with Crippen LogP contribution in [0.1, 0.15) is 25.7 Å². The second kappa shape index (κ2) is 10.4. The standard InChI is InChI=1S/C29H25F2N7O2/c30-19-3-1-5-21(12-19)40-22-8-9-23(24(31)13-22)26-25-27(33)34-16-35-28(25)38(36-26)15-20-4-2-10-37(20)29(39)18(14-32)11-17-6-7-17/h1,3,5,8-9,11-13,16-17,20H,2,4,6-7,10,15H2,(H2,33,34,35)/b18-11+/t20-/m1/s1. The number of benzene rings is 2. The first-order valence-corrected chi connectivity index (χ1v) is 13.0. The molecule has 1 atom stereocenters. The van der Waals surface area contributed by atoms with Gasteiger partial charge >= 0.3 is 0 Å². The number of amides is 1. The maximum atomic E-state index is 15.4. The number of nitrogens with zero attached hydrogens (tertiary/aromatic N) is 6. The van der Waals surface area contributed by atoms with Crippen molar-refractivity contribution in [2.24, 2.45) is 5.92 Å². The number of nitriles is 1. The first-order chi connectivity index (χ1) is 19.4. The molecule has 0 bridgehead atoms. The van der Waals surface area contributed by atoms with Gasteiger partial charge in [0, 0.05) is 24.2 Å². The Morgan fingerprint density at radius 1 is 1.15 bits per heavy atom. The van der Waals surface area contributed by atoms with Gasteiger partial charge in [-0.05, 0) is 55.9 Å².